The number of carbonyl (C=O) groups excluding carboxylic acids is 1. The van der Waals surface area contributed by atoms with E-state index in [1.54, 1.807) is 12.1 Å². The van der Waals surface area contributed by atoms with E-state index in [1.165, 1.54) is 13.5 Å². The minimum Gasteiger partial charge on any atom is -0.508 e. The van der Waals surface area contributed by atoms with E-state index < -0.39 is 5.97 Å². The van der Waals surface area contributed by atoms with E-state index in [-0.39, 0.29) is 5.75 Å². The Morgan fingerprint density at radius 1 is 1.33 bits per heavy atom. The van der Waals surface area contributed by atoms with Crippen molar-refractivity contribution in [1.82, 2.24) is 0 Å². The minimum atomic E-state index is -0.405. The lowest BCUT2D eigenvalue weighted by Gasteiger charge is -2.11. The topological polar surface area (TPSA) is 46.5 Å². The van der Waals surface area contributed by atoms with E-state index in [0.29, 0.717) is 22.0 Å². The van der Waals surface area contributed by atoms with Gasteiger partial charge in [-0.25, -0.2) is 4.79 Å². The van der Waals surface area contributed by atoms with Crippen molar-refractivity contribution in [2.24, 2.45) is 0 Å². The fourth-order valence-electron chi connectivity index (χ4n) is 1.91. The summed E-state index contributed by atoms with van der Waals surface area (Å²) in [7, 11) is 1.35. The first-order valence-electron chi connectivity index (χ1n) is 6.19. The Labute approximate surface area is 116 Å². The van der Waals surface area contributed by atoms with E-state index >= 15 is 0 Å². The van der Waals surface area contributed by atoms with Crippen LogP contribution in [0.3, 0.4) is 0 Å². The molecule has 0 aromatic heterocycles. The SMILES string of the molecule is CCCCCCc1c(O)cc(Br)cc1C(=O)OC. The molecule has 0 heterocycles. The molecule has 0 atom stereocenters. The lowest BCUT2D eigenvalue weighted by molar-refractivity contribution is 0.0598. The first kappa shape index (κ1) is 15.0. The van der Waals surface area contributed by atoms with Crippen LogP contribution in [-0.2, 0) is 11.2 Å². The number of phenols is 1. The quantitative estimate of drug-likeness (QED) is 0.636. The van der Waals surface area contributed by atoms with E-state index in [0.717, 1.165) is 19.3 Å². The van der Waals surface area contributed by atoms with Gasteiger partial charge in [0, 0.05) is 10.0 Å². The van der Waals surface area contributed by atoms with Crippen LogP contribution < -0.4 is 0 Å². The molecule has 0 radical (unpaired) electrons. The molecule has 1 aromatic carbocycles. The lowest BCUT2D eigenvalue weighted by atomic mass is 10.00. The number of aromatic hydroxyl groups is 1. The van der Waals surface area contributed by atoms with Gasteiger partial charge in [-0.1, -0.05) is 42.1 Å². The van der Waals surface area contributed by atoms with Crippen LogP contribution in [0.15, 0.2) is 16.6 Å². The Morgan fingerprint density at radius 3 is 2.67 bits per heavy atom. The number of unbranched alkanes of at least 4 members (excludes halogenated alkanes) is 3. The first-order chi connectivity index (χ1) is 8.60. The average molecular weight is 315 g/mol. The third-order valence-electron chi connectivity index (χ3n) is 2.88. The molecule has 1 N–H and O–H groups in total. The fourth-order valence-corrected chi connectivity index (χ4v) is 2.35. The van der Waals surface area contributed by atoms with Gasteiger partial charge in [0.15, 0.2) is 0 Å². The smallest absolute Gasteiger partial charge is 0.338 e. The van der Waals surface area contributed by atoms with Gasteiger partial charge in [0.2, 0.25) is 0 Å². The number of hydrogen-bond acceptors (Lipinski definition) is 3. The van der Waals surface area contributed by atoms with E-state index in [1.807, 2.05) is 0 Å². The number of methoxy groups -OCH3 is 1. The highest BCUT2D eigenvalue weighted by molar-refractivity contribution is 9.10. The standard InChI is InChI=1S/C14H19BrO3/c1-3-4-5-6-7-11-12(14(17)18-2)8-10(15)9-13(11)16/h8-9,16H,3-7H2,1-2H3. The van der Waals surface area contributed by atoms with Gasteiger partial charge >= 0.3 is 5.97 Å². The Bertz CT molecular complexity index is 416. The molecule has 1 aromatic rings. The number of hydrogen-bond donors (Lipinski definition) is 1. The Kier molecular flexibility index (Phi) is 6.19. The predicted molar refractivity (Wildman–Crippen MR) is 75.0 cm³/mol. The van der Waals surface area contributed by atoms with Gasteiger partial charge in [-0.2, -0.15) is 0 Å². The molecule has 0 saturated carbocycles. The highest BCUT2D eigenvalue weighted by Gasteiger charge is 2.16. The summed E-state index contributed by atoms with van der Waals surface area (Å²) in [5, 5.41) is 9.94. The molecule has 0 aliphatic heterocycles. The van der Waals surface area contributed by atoms with Gasteiger partial charge < -0.3 is 9.84 Å². The van der Waals surface area contributed by atoms with E-state index in [2.05, 4.69) is 22.9 Å². The summed E-state index contributed by atoms with van der Waals surface area (Å²) in [4.78, 5) is 11.7. The molecule has 1 rings (SSSR count). The zero-order valence-electron chi connectivity index (χ0n) is 10.8. The molecule has 18 heavy (non-hydrogen) atoms. The maximum atomic E-state index is 11.7. The molecule has 0 saturated heterocycles. The van der Waals surface area contributed by atoms with Crippen LogP contribution in [0.1, 0.15) is 48.5 Å². The van der Waals surface area contributed by atoms with Crippen molar-refractivity contribution in [2.45, 2.75) is 39.0 Å². The number of benzene rings is 1. The second-order valence-electron chi connectivity index (χ2n) is 4.25. The minimum absolute atomic E-state index is 0.154. The summed E-state index contributed by atoms with van der Waals surface area (Å²) in [6.45, 7) is 2.15. The van der Waals surface area contributed by atoms with Crippen molar-refractivity contribution < 1.29 is 14.6 Å². The summed E-state index contributed by atoms with van der Waals surface area (Å²) < 4.78 is 5.42. The molecule has 0 aliphatic rings. The van der Waals surface area contributed by atoms with Crippen LogP contribution >= 0.6 is 15.9 Å². The van der Waals surface area contributed by atoms with Crippen molar-refractivity contribution in [3.05, 3.63) is 27.7 Å². The monoisotopic (exact) mass is 314 g/mol. The maximum absolute atomic E-state index is 11.7. The number of carbonyl (C=O) groups is 1. The number of halogens is 1. The van der Waals surface area contributed by atoms with Crippen molar-refractivity contribution >= 4 is 21.9 Å². The average Bonchev–Trinajstić information content (AvgIpc) is 2.35. The van der Waals surface area contributed by atoms with Crippen molar-refractivity contribution in [3.63, 3.8) is 0 Å². The largest absolute Gasteiger partial charge is 0.508 e. The lowest BCUT2D eigenvalue weighted by Crippen LogP contribution is -2.06. The maximum Gasteiger partial charge on any atom is 0.338 e. The summed E-state index contributed by atoms with van der Waals surface area (Å²) >= 11 is 3.27. The van der Waals surface area contributed by atoms with Crippen LogP contribution in [0.4, 0.5) is 0 Å². The molecule has 0 unspecified atom stereocenters. The first-order valence-corrected chi connectivity index (χ1v) is 6.99. The zero-order valence-corrected chi connectivity index (χ0v) is 12.4. The molecule has 4 heteroatoms. The van der Waals surface area contributed by atoms with Crippen LogP contribution in [0, 0.1) is 0 Å². The molecule has 3 nitrogen and oxygen atoms in total. The molecular formula is C14H19BrO3. The Balaban J connectivity index is 2.90. The zero-order chi connectivity index (χ0) is 13.5. The molecule has 0 amide bonds. The van der Waals surface area contributed by atoms with Crippen LogP contribution in [0.25, 0.3) is 0 Å². The van der Waals surface area contributed by atoms with Crippen molar-refractivity contribution in [3.8, 4) is 5.75 Å². The molecule has 0 spiro atoms. The van der Waals surface area contributed by atoms with Crippen LogP contribution in [-0.4, -0.2) is 18.2 Å². The number of esters is 1. The molecular weight excluding hydrogens is 296 g/mol. The number of phenolic OH excluding ortho intramolecular Hbond substituents is 1. The third kappa shape index (κ3) is 4.02. The van der Waals surface area contributed by atoms with Gasteiger partial charge in [0.25, 0.3) is 0 Å². The van der Waals surface area contributed by atoms with Crippen molar-refractivity contribution in [1.29, 1.82) is 0 Å². The van der Waals surface area contributed by atoms with Gasteiger partial charge in [-0.05, 0) is 25.0 Å². The molecule has 0 aliphatic carbocycles. The summed E-state index contributed by atoms with van der Waals surface area (Å²) in [6, 6.07) is 3.31. The predicted octanol–water partition coefficient (Wildman–Crippen LogP) is 4.06. The van der Waals surface area contributed by atoms with E-state index in [4.69, 9.17) is 4.74 Å². The second-order valence-corrected chi connectivity index (χ2v) is 5.17. The highest BCUT2D eigenvalue weighted by Crippen LogP contribution is 2.29. The molecule has 0 bridgehead atoms. The Morgan fingerprint density at radius 2 is 2.06 bits per heavy atom. The van der Waals surface area contributed by atoms with Crippen LogP contribution in [0.2, 0.25) is 0 Å². The van der Waals surface area contributed by atoms with Crippen LogP contribution in [0.5, 0.6) is 5.75 Å². The van der Waals surface area contributed by atoms with Gasteiger partial charge in [-0.15, -0.1) is 0 Å². The highest BCUT2D eigenvalue weighted by atomic mass is 79.9. The normalized spacial score (nSPS) is 10.4. The molecule has 100 valence electrons. The number of ether oxygens (including phenoxy) is 1. The second kappa shape index (κ2) is 7.41. The summed E-state index contributed by atoms with van der Waals surface area (Å²) in [5.74, 6) is -0.252. The van der Waals surface area contributed by atoms with Gasteiger partial charge in [0.05, 0.1) is 12.7 Å². The van der Waals surface area contributed by atoms with E-state index in [9.17, 15) is 9.90 Å². The summed E-state index contributed by atoms with van der Waals surface area (Å²) in [5.41, 5.74) is 1.13. The fraction of sp³-hybridized carbons (Fsp3) is 0.500. The Hall–Kier alpha value is -1.03. The molecule has 0 fully saturated rings. The van der Waals surface area contributed by atoms with Crippen molar-refractivity contribution in [2.75, 3.05) is 7.11 Å². The number of rotatable bonds is 6. The van der Waals surface area contributed by atoms with Gasteiger partial charge in [-0.3, -0.25) is 0 Å². The third-order valence-corrected chi connectivity index (χ3v) is 3.33. The summed E-state index contributed by atoms with van der Waals surface area (Å²) in [6.07, 6.45) is 5.10. The van der Waals surface area contributed by atoms with Gasteiger partial charge in [0.1, 0.15) is 5.75 Å².